The van der Waals surface area contributed by atoms with Gasteiger partial charge in [0, 0.05) is 22.3 Å². The van der Waals surface area contributed by atoms with Crippen LogP contribution in [0, 0.1) is 0 Å². The molecule has 0 unspecified atom stereocenters. The number of thiocarbonyl (C=S) groups is 1. The topological polar surface area (TPSA) is 50.4 Å². The molecule has 2 aromatic rings. The van der Waals surface area contributed by atoms with Crippen LogP contribution in [0.1, 0.15) is 5.56 Å². The van der Waals surface area contributed by atoms with E-state index in [0.717, 1.165) is 11.3 Å². The van der Waals surface area contributed by atoms with Crippen molar-refractivity contribution in [1.82, 2.24) is 5.32 Å². The molecule has 0 saturated heterocycles. The molecule has 0 fully saturated rings. The summed E-state index contributed by atoms with van der Waals surface area (Å²) in [5.41, 5.74) is 1.55. The van der Waals surface area contributed by atoms with Crippen LogP contribution in [-0.4, -0.2) is 18.1 Å². The Morgan fingerprint density at radius 1 is 1.17 bits per heavy atom. The van der Waals surface area contributed by atoms with Crippen LogP contribution in [0.2, 0.25) is 5.02 Å². The van der Waals surface area contributed by atoms with Crippen LogP contribution in [0.3, 0.4) is 0 Å². The third kappa shape index (κ3) is 5.39. The zero-order valence-corrected chi connectivity index (χ0v) is 13.9. The van der Waals surface area contributed by atoms with E-state index in [-0.39, 0.29) is 11.0 Å². The van der Waals surface area contributed by atoms with Gasteiger partial charge in [-0.2, -0.15) is 0 Å². The van der Waals surface area contributed by atoms with E-state index in [1.807, 2.05) is 24.3 Å². The molecule has 0 aliphatic heterocycles. The van der Waals surface area contributed by atoms with E-state index >= 15 is 0 Å². The lowest BCUT2D eigenvalue weighted by Crippen LogP contribution is -2.32. The lowest BCUT2D eigenvalue weighted by molar-refractivity contribution is -0.115. The second-order valence-corrected chi connectivity index (χ2v) is 5.37. The lowest BCUT2D eigenvalue weighted by atomic mass is 10.2. The van der Waals surface area contributed by atoms with Gasteiger partial charge in [-0.1, -0.05) is 29.8 Å². The third-order valence-corrected chi connectivity index (χ3v) is 3.35. The molecule has 0 heterocycles. The number of carbonyl (C=O) groups excluding carboxylic acids is 1. The highest BCUT2D eigenvalue weighted by Gasteiger charge is 2.03. The molecule has 0 aliphatic rings. The number of halogens is 1. The van der Waals surface area contributed by atoms with Crippen LogP contribution < -0.4 is 15.4 Å². The van der Waals surface area contributed by atoms with E-state index < -0.39 is 0 Å². The Bertz CT molecular complexity index is 730. The molecule has 6 heteroatoms. The van der Waals surface area contributed by atoms with E-state index in [2.05, 4.69) is 10.6 Å². The first-order chi connectivity index (χ1) is 11.1. The first-order valence-electron chi connectivity index (χ1n) is 6.77. The largest absolute Gasteiger partial charge is 0.496 e. The highest BCUT2D eigenvalue weighted by molar-refractivity contribution is 7.80. The van der Waals surface area contributed by atoms with Crippen LogP contribution in [0.15, 0.2) is 54.6 Å². The van der Waals surface area contributed by atoms with E-state index in [9.17, 15) is 4.79 Å². The molecule has 0 saturated carbocycles. The Labute approximate surface area is 145 Å². The summed E-state index contributed by atoms with van der Waals surface area (Å²) in [6.07, 6.45) is 3.06. The second-order valence-electron chi connectivity index (χ2n) is 4.53. The van der Waals surface area contributed by atoms with E-state index in [1.165, 1.54) is 6.08 Å². The van der Waals surface area contributed by atoms with Crippen LogP contribution in [0.5, 0.6) is 5.75 Å². The van der Waals surface area contributed by atoms with Gasteiger partial charge in [0.1, 0.15) is 5.75 Å². The van der Waals surface area contributed by atoms with Crippen LogP contribution in [-0.2, 0) is 4.79 Å². The van der Waals surface area contributed by atoms with Gasteiger partial charge in [-0.3, -0.25) is 10.1 Å². The van der Waals surface area contributed by atoms with Gasteiger partial charge in [-0.05, 0) is 48.6 Å². The minimum Gasteiger partial charge on any atom is -0.496 e. The minimum atomic E-state index is -0.331. The predicted octanol–water partition coefficient (Wildman–Crippen LogP) is 3.88. The Morgan fingerprint density at radius 2 is 1.87 bits per heavy atom. The number of hydrogen-bond acceptors (Lipinski definition) is 3. The van der Waals surface area contributed by atoms with Crippen molar-refractivity contribution in [3.8, 4) is 5.75 Å². The van der Waals surface area contributed by atoms with Crippen LogP contribution >= 0.6 is 23.8 Å². The average molecular weight is 347 g/mol. The summed E-state index contributed by atoms with van der Waals surface area (Å²) in [4.78, 5) is 11.9. The van der Waals surface area contributed by atoms with E-state index in [4.69, 9.17) is 28.6 Å². The van der Waals surface area contributed by atoms with Gasteiger partial charge in [0.15, 0.2) is 5.11 Å². The predicted molar refractivity (Wildman–Crippen MR) is 97.8 cm³/mol. The maximum absolute atomic E-state index is 11.9. The van der Waals surface area contributed by atoms with Gasteiger partial charge < -0.3 is 10.1 Å². The summed E-state index contributed by atoms with van der Waals surface area (Å²) in [5.74, 6) is 0.362. The number of ether oxygens (including phenoxy) is 1. The highest BCUT2D eigenvalue weighted by atomic mass is 35.5. The molecule has 2 aromatic carbocycles. The number of nitrogens with one attached hydrogen (secondary N) is 2. The van der Waals surface area contributed by atoms with Crippen molar-refractivity contribution in [3.05, 3.63) is 65.2 Å². The molecule has 0 atom stereocenters. The van der Waals surface area contributed by atoms with Gasteiger partial charge in [0.25, 0.3) is 0 Å². The van der Waals surface area contributed by atoms with Gasteiger partial charge in [0.2, 0.25) is 5.91 Å². The average Bonchev–Trinajstić information content (AvgIpc) is 2.55. The van der Waals surface area contributed by atoms with Gasteiger partial charge in [-0.15, -0.1) is 0 Å². The fourth-order valence-electron chi connectivity index (χ4n) is 1.82. The van der Waals surface area contributed by atoms with Gasteiger partial charge >= 0.3 is 0 Å². The maximum Gasteiger partial charge on any atom is 0.250 e. The SMILES string of the molecule is COc1ccccc1/C=C/C(=O)NC(=S)Nc1ccc(Cl)cc1. The summed E-state index contributed by atoms with van der Waals surface area (Å²) in [7, 11) is 1.58. The summed E-state index contributed by atoms with van der Waals surface area (Å²) in [6, 6.07) is 14.4. The Kier molecular flexibility index (Phi) is 6.14. The molecule has 0 radical (unpaired) electrons. The smallest absolute Gasteiger partial charge is 0.250 e. The summed E-state index contributed by atoms with van der Waals surface area (Å²) in [6.45, 7) is 0. The number of para-hydroxylation sites is 1. The van der Waals surface area contributed by atoms with E-state index in [1.54, 1.807) is 37.5 Å². The van der Waals surface area contributed by atoms with Crippen molar-refractivity contribution < 1.29 is 9.53 Å². The summed E-state index contributed by atoms with van der Waals surface area (Å²) in [5, 5.41) is 6.31. The monoisotopic (exact) mass is 346 g/mol. The summed E-state index contributed by atoms with van der Waals surface area (Å²) >= 11 is 10.9. The number of methoxy groups -OCH3 is 1. The molecule has 1 amide bonds. The zero-order chi connectivity index (χ0) is 16.7. The fourth-order valence-corrected chi connectivity index (χ4v) is 2.16. The molecule has 4 nitrogen and oxygen atoms in total. The molecule has 0 bridgehead atoms. The number of carbonyl (C=O) groups is 1. The van der Waals surface area contributed by atoms with Crippen molar-refractivity contribution in [3.63, 3.8) is 0 Å². The van der Waals surface area contributed by atoms with Crippen molar-refractivity contribution in [1.29, 1.82) is 0 Å². The third-order valence-electron chi connectivity index (χ3n) is 2.89. The van der Waals surface area contributed by atoms with Crippen molar-refractivity contribution >= 4 is 46.6 Å². The normalized spacial score (nSPS) is 10.3. The Morgan fingerprint density at radius 3 is 2.57 bits per heavy atom. The quantitative estimate of drug-likeness (QED) is 0.651. The molecule has 118 valence electrons. The fraction of sp³-hybridized carbons (Fsp3) is 0.0588. The van der Waals surface area contributed by atoms with Crippen molar-refractivity contribution in [2.45, 2.75) is 0 Å². The summed E-state index contributed by atoms with van der Waals surface area (Å²) < 4.78 is 5.22. The molecule has 2 rings (SSSR count). The Balaban J connectivity index is 1.92. The van der Waals surface area contributed by atoms with Crippen molar-refractivity contribution in [2.75, 3.05) is 12.4 Å². The minimum absolute atomic E-state index is 0.210. The number of hydrogen-bond donors (Lipinski definition) is 2. The molecule has 2 N–H and O–H groups in total. The number of benzene rings is 2. The molecule has 0 spiro atoms. The first-order valence-corrected chi connectivity index (χ1v) is 7.56. The second kappa shape index (κ2) is 8.31. The molecule has 0 aliphatic carbocycles. The molecular formula is C17H15ClN2O2S. The number of amides is 1. The molecule has 23 heavy (non-hydrogen) atoms. The van der Waals surface area contributed by atoms with Crippen LogP contribution in [0.4, 0.5) is 5.69 Å². The highest BCUT2D eigenvalue weighted by Crippen LogP contribution is 2.18. The van der Waals surface area contributed by atoms with Crippen molar-refractivity contribution in [2.24, 2.45) is 0 Å². The first kappa shape index (κ1) is 17.0. The maximum atomic E-state index is 11.9. The molecular weight excluding hydrogens is 332 g/mol. The number of rotatable bonds is 4. The lowest BCUT2D eigenvalue weighted by Gasteiger charge is -2.08. The van der Waals surface area contributed by atoms with E-state index in [0.29, 0.717) is 10.8 Å². The van der Waals surface area contributed by atoms with Gasteiger partial charge in [0.05, 0.1) is 7.11 Å². The van der Waals surface area contributed by atoms with Crippen LogP contribution in [0.25, 0.3) is 6.08 Å². The van der Waals surface area contributed by atoms with Gasteiger partial charge in [-0.25, -0.2) is 0 Å². The number of anilines is 1. The Hall–Kier alpha value is -2.37. The standard InChI is InChI=1S/C17H15ClN2O2S/c1-22-15-5-3-2-4-12(15)6-11-16(21)20-17(23)19-14-9-7-13(18)8-10-14/h2-11H,1H3,(H2,19,20,21,23)/b11-6+. The molecule has 0 aromatic heterocycles. The zero-order valence-electron chi connectivity index (χ0n) is 12.4.